The molecule has 0 aliphatic carbocycles. The van der Waals surface area contributed by atoms with Crippen LogP contribution in [0.25, 0.3) is 0 Å². The minimum atomic E-state index is 0.640. The van der Waals surface area contributed by atoms with E-state index in [4.69, 9.17) is 17.4 Å². The van der Waals surface area contributed by atoms with Gasteiger partial charge in [-0.1, -0.05) is 25.4 Å². The van der Waals surface area contributed by atoms with Crippen molar-refractivity contribution in [3.05, 3.63) is 22.8 Å². The van der Waals surface area contributed by atoms with E-state index in [1.54, 1.807) is 6.07 Å². The first-order valence-electron chi connectivity index (χ1n) is 5.05. The summed E-state index contributed by atoms with van der Waals surface area (Å²) in [5, 5.41) is 0.681. The van der Waals surface area contributed by atoms with E-state index in [9.17, 15) is 0 Å². The van der Waals surface area contributed by atoms with Crippen molar-refractivity contribution in [2.45, 2.75) is 20.4 Å². The molecule has 0 radical (unpaired) electrons. The fourth-order valence-electron chi connectivity index (χ4n) is 1.33. The summed E-state index contributed by atoms with van der Waals surface area (Å²) < 4.78 is 0. The fourth-order valence-corrected chi connectivity index (χ4v) is 1.50. The van der Waals surface area contributed by atoms with Crippen LogP contribution in [0, 0.1) is 0 Å². The molecule has 0 saturated carbocycles. The average Bonchev–Trinajstić information content (AvgIpc) is 2.28. The quantitative estimate of drug-likeness (QED) is 0.597. The van der Waals surface area contributed by atoms with Gasteiger partial charge in [-0.15, -0.1) is 0 Å². The van der Waals surface area contributed by atoms with Crippen molar-refractivity contribution in [3.8, 4) is 0 Å². The van der Waals surface area contributed by atoms with E-state index in [1.165, 1.54) is 0 Å². The first-order valence-corrected chi connectivity index (χ1v) is 5.43. The average molecular weight is 229 g/mol. The highest BCUT2D eigenvalue weighted by molar-refractivity contribution is 6.31. The van der Waals surface area contributed by atoms with Gasteiger partial charge in [0.15, 0.2) is 0 Å². The van der Waals surface area contributed by atoms with E-state index in [1.807, 2.05) is 6.07 Å². The lowest BCUT2D eigenvalue weighted by Crippen LogP contribution is -2.23. The van der Waals surface area contributed by atoms with Crippen LogP contribution >= 0.6 is 11.6 Å². The topological polar surface area (TPSA) is 54.2 Å². The Labute approximate surface area is 95.4 Å². The van der Waals surface area contributed by atoms with Crippen molar-refractivity contribution in [2.75, 3.05) is 18.5 Å². The third-order valence-electron chi connectivity index (χ3n) is 2.33. The van der Waals surface area contributed by atoms with Crippen LogP contribution in [0.1, 0.15) is 19.5 Å². The molecule has 0 aromatic carbocycles. The molecule has 84 valence electrons. The maximum atomic E-state index is 6.05. The second-order valence-corrected chi connectivity index (χ2v) is 3.64. The largest absolute Gasteiger partial charge is 0.308 e. The molecular weight excluding hydrogens is 212 g/mol. The molecule has 0 spiro atoms. The van der Waals surface area contributed by atoms with Gasteiger partial charge in [-0.05, 0) is 25.2 Å². The second-order valence-electron chi connectivity index (χ2n) is 3.23. The minimum absolute atomic E-state index is 0.640. The third-order valence-corrected chi connectivity index (χ3v) is 2.68. The van der Waals surface area contributed by atoms with Gasteiger partial charge in [0, 0.05) is 6.54 Å². The Kier molecular flexibility index (Phi) is 4.81. The Hall–Kier alpha value is -0.840. The molecule has 0 amide bonds. The number of nitrogen functional groups attached to an aromatic ring is 1. The van der Waals surface area contributed by atoms with Gasteiger partial charge in [-0.3, -0.25) is 4.90 Å². The van der Waals surface area contributed by atoms with E-state index in [2.05, 4.69) is 29.2 Å². The molecule has 15 heavy (non-hydrogen) atoms. The lowest BCUT2D eigenvalue weighted by Gasteiger charge is -2.18. The van der Waals surface area contributed by atoms with E-state index in [0.29, 0.717) is 10.8 Å². The molecule has 3 N–H and O–H groups in total. The maximum Gasteiger partial charge on any atom is 0.140 e. The first-order chi connectivity index (χ1) is 7.21. The number of anilines is 1. The zero-order chi connectivity index (χ0) is 11.3. The molecule has 0 aliphatic heterocycles. The Bertz CT molecular complexity index is 312. The number of hydrazine groups is 1. The zero-order valence-corrected chi connectivity index (χ0v) is 9.88. The summed E-state index contributed by atoms with van der Waals surface area (Å²) in [6, 6.07) is 3.57. The summed E-state index contributed by atoms with van der Waals surface area (Å²) in [6.07, 6.45) is 0. The van der Waals surface area contributed by atoms with Gasteiger partial charge < -0.3 is 5.43 Å². The fraction of sp³-hybridized carbons (Fsp3) is 0.500. The highest BCUT2D eigenvalue weighted by Crippen LogP contribution is 2.17. The van der Waals surface area contributed by atoms with Crippen LogP contribution < -0.4 is 11.3 Å². The van der Waals surface area contributed by atoms with Crippen LogP contribution in [-0.4, -0.2) is 23.0 Å². The minimum Gasteiger partial charge on any atom is -0.308 e. The van der Waals surface area contributed by atoms with Crippen LogP contribution in [0.15, 0.2) is 12.1 Å². The number of aromatic nitrogens is 1. The Morgan fingerprint density at radius 1 is 1.40 bits per heavy atom. The molecule has 1 heterocycles. The molecule has 0 fully saturated rings. The zero-order valence-electron chi connectivity index (χ0n) is 9.13. The Morgan fingerprint density at radius 3 is 2.60 bits per heavy atom. The number of halogens is 1. The number of rotatable bonds is 5. The number of nitrogens with two attached hydrogens (primary N) is 1. The van der Waals surface area contributed by atoms with E-state index < -0.39 is 0 Å². The number of nitrogens with one attached hydrogen (secondary N) is 1. The predicted octanol–water partition coefficient (Wildman–Crippen LogP) is 1.86. The monoisotopic (exact) mass is 228 g/mol. The molecule has 5 heteroatoms. The van der Waals surface area contributed by atoms with Gasteiger partial charge in [0.25, 0.3) is 0 Å². The molecule has 0 saturated heterocycles. The van der Waals surface area contributed by atoms with Crippen LogP contribution in [0.4, 0.5) is 5.82 Å². The van der Waals surface area contributed by atoms with Crippen molar-refractivity contribution in [2.24, 2.45) is 5.84 Å². The number of pyridine rings is 1. The summed E-state index contributed by atoms with van der Waals surface area (Å²) in [5.74, 6) is 5.94. The van der Waals surface area contributed by atoms with E-state index in [-0.39, 0.29) is 0 Å². The molecule has 0 atom stereocenters. The van der Waals surface area contributed by atoms with Crippen LogP contribution in [0.5, 0.6) is 0 Å². The highest BCUT2D eigenvalue weighted by Gasteiger charge is 2.07. The normalized spacial score (nSPS) is 10.7. The molecule has 1 aromatic heterocycles. The van der Waals surface area contributed by atoms with Crippen molar-refractivity contribution in [3.63, 3.8) is 0 Å². The lowest BCUT2D eigenvalue weighted by atomic mass is 10.3. The van der Waals surface area contributed by atoms with Crippen molar-refractivity contribution in [1.82, 2.24) is 9.88 Å². The van der Waals surface area contributed by atoms with Gasteiger partial charge >= 0.3 is 0 Å². The lowest BCUT2D eigenvalue weighted by molar-refractivity contribution is 0.292. The number of hydrogen-bond donors (Lipinski definition) is 2. The predicted molar refractivity (Wildman–Crippen MR) is 63.7 cm³/mol. The molecule has 1 aromatic rings. The summed E-state index contributed by atoms with van der Waals surface area (Å²) in [4.78, 5) is 6.56. The molecule has 0 bridgehead atoms. The van der Waals surface area contributed by atoms with Crippen molar-refractivity contribution >= 4 is 17.4 Å². The molecule has 4 nitrogen and oxygen atoms in total. The molecular formula is C10H17ClN4. The Balaban J connectivity index is 2.82. The van der Waals surface area contributed by atoms with E-state index in [0.717, 1.165) is 25.3 Å². The summed E-state index contributed by atoms with van der Waals surface area (Å²) >= 11 is 6.05. The molecule has 1 rings (SSSR count). The third kappa shape index (κ3) is 3.34. The smallest absolute Gasteiger partial charge is 0.140 e. The summed E-state index contributed by atoms with van der Waals surface area (Å²) in [5.41, 5.74) is 3.37. The van der Waals surface area contributed by atoms with Gasteiger partial charge in [-0.25, -0.2) is 10.8 Å². The number of hydrogen-bond acceptors (Lipinski definition) is 4. The summed E-state index contributed by atoms with van der Waals surface area (Å²) in [6.45, 7) is 6.94. The van der Waals surface area contributed by atoms with Crippen LogP contribution in [-0.2, 0) is 6.54 Å². The van der Waals surface area contributed by atoms with Crippen molar-refractivity contribution in [1.29, 1.82) is 0 Å². The molecule has 0 aliphatic rings. The highest BCUT2D eigenvalue weighted by atomic mass is 35.5. The second kappa shape index (κ2) is 5.90. The van der Waals surface area contributed by atoms with Gasteiger partial charge in [0.2, 0.25) is 0 Å². The summed E-state index contributed by atoms with van der Waals surface area (Å²) in [7, 11) is 0. The van der Waals surface area contributed by atoms with Crippen LogP contribution in [0.2, 0.25) is 5.02 Å². The van der Waals surface area contributed by atoms with Crippen molar-refractivity contribution < 1.29 is 0 Å². The number of nitrogens with zero attached hydrogens (tertiary/aromatic N) is 2. The Morgan fingerprint density at radius 2 is 2.07 bits per heavy atom. The standard InChI is InChI=1S/C10H17ClN4/c1-3-15(4-2)7-9-8(11)5-6-10(13-9)14-12/h5-6H,3-4,7,12H2,1-2H3,(H,13,14). The van der Waals surface area contributed by atoms with Gasteiger partial charge in [0.05, 0.1) is 10.7 Å². The van der Waals surface area contributed by atoms with E-state index >= 15 is 0 Å². The first kappa shape index (κ1) is 12.2. The van der Waals surface area contributed by atoms with Gasteiger partial charge in [-0.2, -0.15) is 0 Å². The maximum absolute atomic E-state index is 6.05. The van der Waals surface area contributed by atoms with Crippen LogP contribution in [0.3, 0.4) is 0 Å². The SMILES string of the molecule is CCN(CC)Cc1nc(NN)ccc1Cl. The van der Waals surface area contributed by atoms with Gasteiger partial charge in [0.1, 0.15) is 5.82 Å². The molecule has 0 unspecified atom stereocenters.